The minimum atomic E-state index is 0.515. The van der Waals surface area contributed by atoms with E-state index in [9.17, 15) is 0 Å². The topological polar surface area (TPSA) is 65.0 Å². The van der Waals surface area contributed by atoms with E-state index >= 15 is 0 Å². The third-order valence-corrected chi connectivity index (χ3v) is 4.76. The minimum absolute atomic E-state index is 0.515. The van der Waals surface area contributed by atoms with Gasteiger partial charge >= 0.3 is 0 Å². The van der Waals surface area contributed by atoms with Gasteiger partial charge in [0.1, 0.15) is 16.1 Å². The molecule has 0 saturated heterocycles. The Morgan fingerprint density at radius 2 is 2.17 bits per heavy atom. The van der Waals surface area contributed by atoms with Gasteiger partial charge in [-0.3, -0.25) is 0 Å². The van der Waals surface area contributed by atoms with Gasteiger partial charge in [0.2, 0.25) is 0 Å². The molecule has 0 radical (unpaired) electrons. The van der Waals surface area contributed by atoms with Gasteiger partial charge in [0, 0.05) is 12.4 Å². The number of methoxy groups -OCH3 is 1. The van der Waals surface area contributed by atoms with Gasteiger partial charge in [-0.2, -0.15) is 0 Å². The van der Waals surface area contributed by atoms with Crippen LogP contribution in [0.25, 0.3) is 21.4 Å². The maximum atomic E-state index is 5.94. The summed E-state index contributed by atoms with van der Waals surface area (Å²) in [7, 11) is 3.45. The number of fused-ring (bicyclic) bond motifs is 2. The molecule has 0 saturated carbocycles. The van der Waals surface area contributed by atoms with Crippen molar-refractivity contribution in [3.8, 4) is 17.2 Å². The standard InChI is InChI=1S/C15H12N4O2S2/c1-19-11-12(20-2)10(7-16-13(11)18-15(19)22)21-9-5-8-3-4-23-14(8)17-6-9/h3-7H,1-2H3,(H,16,18,22). The molecular weight excluding hydrogens is 332 g/mol. The van der Waals surface area contributed by atoms with Crippen molar-refractivity contribution in [3.05, 3.63) is 34.7 Å². The highest BCUT2D eigenvalue weighted by atomic mass is 32.1. The number of aromatic nitrogens is 4. The van der Waals surface area contributed by atoms with Crippen LogP contribution >= 0.6 is 23.6 Å². The van der Waals surface area contributed by atoms with E-state index in [1.54, 1.807) is 30.8 Å². The summed E-state index contributed by atoms with van der Waals surface area (Å²) in [6.07, 6.45) is 3.31. The van der Waals surface area contributed by atoms with E-state index < -0.39 is 0 Å². The number of aromatic amines is 1. The fourth-order valence-corrected chi connectivity index (χ4v) is 3.36. The summed E-state index contributed by atoms with van der Waals surface area (Å²) in [5.41, 5.74) is 1.42. The Morgan fingerprint density at radius 3 is 3.00 bits per heavy atom. The first-order valence-electron chi connectivity index (χ1n) is 6.80. The highest BCUT2D eigenvalue weighted by molar-refractivity contribution is 7.71. The molecular formula is C15H12N4O2S2. The average molecular weight is 344 g/mol. The number of ether oxygens (including phenoxy) is 2. The number of aryl methyl sites for hydroxylation is 1. The summed E-state index contributed by atoms with van der Waals surface area (Å²) < 4.78 is 13.9. The first-order valence-corrected chi connectivity index (χ1v) is 8.09. The molecule has 23 heavy (non-hydrogen) atoms. The Morgan fingerprint density at radius 1 is 1.30 bits per heavy atom. The SMILES string of the molecule is COc1c(Oc2cnc3sccc3c2)cnc2[nH]c(=S)n(C)c12. The zero-order valence-electron chi connectivity index (χ0n) is 12.4. The molecule has 0 aliphatic rings. The molecule has 0 aliphatic heterocycles. The van der Waals surface area contributed by atoms with Crippen LogP contribution in [0.15, 0.2) is 29.9 Å². The molecule has 0 aliphatic carbocycles. The van der Waals surface area contributed by atoms with Crippen molar-refractivity contribution in [1.82, 2.24) is 19.5 Å². The third kappa shape index (κ3) is 2.27. The first kappa shape index (κ1) is 14.2. The van der Waals surface area contributed by atoms with Crippen LogP contribution in [0.5, 0.6) is 17.2 Å². The fraction of sp³-hybridized carbons (Fsp3) is 0.133. The highest BCUT2D eigenvalue weighted by Gasteiger charge is 2.16. The first-order chi connectivity index (χ1) is 11.2. The Hall–Kier alpha value is -2.45. The lowest BCUT2D eigenvalue weighted by Gasteiger charge is -2.11. The monoisotopic (exact) mass is 344 g/mol. The number of nitrogens with one attached hydrogen (secondary N) is 1. The second-order valence-corrected chi connectivity index (χ2v) is 6.21. The van der Waals surface area contributed by atoms with Crippen molar-refractivity contribution in [3.63, 3.8) is 0 Å². The molecule has 0 aromatic carbocycles. The lowest BCUT2D eigenvalue weighted by molar-refractivity contribution is 0.380. The van der Waals surface area contributed by atoms with E-state index in [4.69, 9.17) is 21.7 Å². The van der Waals surface area contributed by atoms with E-state index in [1.807, 2.05) is 29.1 Å². The Kier molecular flexibility index (Phi) is 3.28. The van der Waals surface area contributed by atoms with Crippen LogP contribution in [0.4, 0.5) is 0 Å². The van der Waals surface area contributed by atoms with Crippen LogP contribution < -0.4 is 9.47 Å². The number of hydrogen-bond acceptors (Lipinski definition) is 6. The quantitative estimate of drug-likeness (QED) is 0.568. The molecule has 0 unspecified atom stereocenters. The van der Waals surface area contributed by atoms with Crippen LogP contribution in [0.2, 0.25) is 0 Å². The summed E-state index contributed by atoms with van der Waals surface area (Å²) in [4.78, 5) is 12.7. The van der Waals surface area contributed by atoms with E-state index in [0.29, 0.717) is 27.7 Å². The summed E-state index contributed by atoms with van der Waals surface area (Å²) in [5.74, 6) is 1.73. The molecule has 1 N–H and O–H groups in total. The van der Waals surface area contributed by atoms with Gasteiger partial charge in [-0.15, -0.1) is 11.3 Å². The van der Waals surface area contributed by atoms with Crippen molar-refractivity contribution < 1.29 is 9.47 Å². The summed E-state index contributed by atoms with van der Waals surface area (Å²) in [5, 5.41) is 3.04. The molecule has 4 aromatic rings. The molecule has 4 aromatic heterocycles. The summed E-state index contributed by atoms with van der Waals surface area (Å²) in [6.45, 7) is 0. The zero-order valence-corrected chi connectivity index (χ0v) is 14.0. The van der Waals surface area contributed by atoms with E-state index in [1.165, 1.54) is 0 Å². The smallest absolute Gasteiger partial charge is 0.190 e. The van der Waals surface area contributed by atoms with Crippen LogP contribution in [-0.4, -0.2) is 26.6 Å². The molecule has 0 amide bonds. The molecule has 6 nitrogen and oxygen atoms in total. The molecule has 116 valence electrons. The Bertz CT molecular complexity index is 1080. The van der Waals surface area contributed by atoms with Gasteiger partial charge in [-0.05, 0) is 29.7 Å². The normalized spacial score (nSPS) is 11.2. The van der Waals surface area contributed by atoms with Gasteiger partial charge in [0.05, 0.1) is 19.5 Å². The maximum Gasteiger partial charge on any atom is 0.190 e. The summed E-state index contributed by atoms with van der Waals surface area (Å²) >= 11 is 6.83. The molecule has 0 fully saturated rings. The third-order valence-electron chi connectivity index (χ3n) is 3.55. The maximum absolute atomic E-state index is 5.94. The Balaban J connectivity index is 1.84. The van der Waals surface area contributed by atoms with Gasteiger partial charge in [-0.1, -0.05) is 0 Å². The number of nitrogens with zero attached hydrogens (tertiary/aromatic N) is 3. The van der Waals surface area contributed by atoms with Gasteiger partial charge in [-0.25, -0.2) is 9.97 Å². The number of H-pyrrole nitrogens is 1. The molecule has 0 spiro atoms. The van der Waals surface area contributed by atoms with Gasteiger partial charge < -0.3 is 19.0 Å². The van der Waals surface area contributed by atoms with E-state index in [2.05, 4.69) is 15.0 Å². The van der Waals surface area contributed by atoms with Crippen LogP contribution in [0.1, 0.15) is 0 Å². The van der Waals surface area contributed by atoms with Gasteiger partial charge in [0.15, 0.2) is 21.9 Å². The van der Waals surface area contributed by atoms with Crippen molar-refractivity contribution in [1.29, 1.82) is 0 Å². The van der Waals surface area contributed by atoms with Crippen molar-refractivity contribution in [2.24, 2.45) is 7.05 Å². The van der Waals surface area contributed by atoms with Crippen LogP contribution in [-0.2, 0) is 7.05 Å². The lowest BCUT2D eigenvalue weighted by Crippen LogP contribution is -1.96. The predicted molar refractivity (Wildman–Crippen MR) is 92.1 cm³/mol. The Labute approximate surface area is 140 Å². The second kappa shape index (κ2) is 5.32. The minimum Gasteiger partial charge on any atom is -0.491 e. The highest BCUT2D eigenvalue weighted by Crippen LogP contribution is 2.37. The fourth-order valence-electron chi connectivity index (χ4n) is 2.45. The second-order valence-electron chi connectivity index (χ2n) is 4.93. The zero-order chi connectivity index (χ0) is 16.0. The van der Waals surface area contributed by atoms with Crippen LogP contribution in [0, 0.1) is 4.77 Å². The average Bonchev–Trinajstić information content (AvgIpc) is 3.12. The number of imidazole rings is 1. The summed E-state index contributed by atoms with van der Waals surface area (Å²) in [6, 6.07) is 3.95. The lowest BCUT2D eigenvalue weighted by atomic mass is 10.3. The molecule has 8 heteroatoms. The van der Waals surface area contributed by atoms with E-state index in [-0.39, 0.29) is 0 Å². The molecule has 0 bridgehead atoms. The number of hydrogen-bond donors (Lipinski definition) is 1. The predicted octanol–water partition coefficient (Wildman–Crippen LogP) is 4.04. The van der Waals surface area contributed by atoms with Crippen LogP contribution in [0.3, 0.4) is 0 Å². The number of pyridine rings is 2. The van der Waals surface area contributed by atoms with E-state index in [0.717, 1.165) is 15.7 Å². The van der Waals surface area contributed by atoms with Crippen molar-refractivity contribution >= 4 is 44.9 Å². The number of thiophene rings is 1. The molecule has 0 atom stereocenters. The molecule has 4 heterocycles. The van der Waals surface area contributed by atoms with Gasteiger partial charge in [0.25, 0.3) is 0 Å². The van der Waals surface area contributed by atoms with Crippen molar-refractivity contribution in [2.45, 2.75) is 0 Å². The molecule has 4 rings (SSSR count). The van der Waals surface area contributed by atoms with Crippen molar-refractivity contribution in [2.75, 3.05) is 7.11 Å². The number of rotatable bonds is 3. The largest absolute Gasteiger partial charge is 0.491 e.